The number of aryl methyl sites for hydroxylation is 1. The van der Waals surface area contributed by atoms with Crippen molar-refractivity contribution in [3.63, 3.8) is 0 Å². The minimum atomic E-state index is -0.611. The fourth-order valence-electron chi connectivity index (χ4n) is 3.60. The average Bonchev–Trinajstić information content (AvgIpc) is 2.80. The Morgan fingerprint density at radius 3 is 2.44 bits per heavy atom. The Morgan fingerprint density at radius 1 is 0.938 bits per heavy atom. The van der Waals surface area contributed by atoms with Crippen LogP contribution in [0.15, 0.2) is 66.7 Å². The van der Waals surface area contributed by atoms with Crippen LogP contribution >= 0.6 is 0 Å². The molecule has 0 bridgehead atoms. The summed E-state index contributed by atoms with van der Waals surface area (Å²) in [4.78, 5) is 16.8. The quantitative estimate of drug-likeness (QED) is 0.362. The number of rotatable bonds is 6. The summed E-state index contributed by atoms with van der Waals surface area (Å²) in [6.07, 6.45) is 0.292. The van der Waals surface area contributed by atoms with Gasteiger partial charge < -0.3 is 9.47 Å². The number of hydrogen-bond acceptors (Lipinski definition) is 4. The van der Waals surface area contributed by atoms with Gasteiger partial charge in [0.2, 0.25) is 0 Å². The molecule has 0 aliphatic carbocycles. The molecular weight excluding hydrogens is 412 g/mol. The van der Waals surface area contributed by atoms with E-state index in [1.54, 1.807) is 6.92 Å². The Balaban J connectivity index is 1.75. The molecule has 3 aromatic carbocycles. The highest BCUT2D eigenvalue weighted by atomic mass is 19.1. The molecule has 1 aromatic heterocycles. The molecule has 0 saturated heterocycles. The normalized spacial score (nSPS) is 10.9. The molecular formula is C26H21F2NO3. The van der Waals surface area contributed by atoms with Gasteiger partial charge in [0.1, 0.15) is 18.2 Å². The Bertz CT molecular complexity index is 1290. The molecule has 0 radical (unpaired) electrons. The van der Waals surface area contributed by atoms with Crippen molar-refractivity contribution in [2.24, 2.45) is 0 Å². The summed E-state index contributed by atoms with van der Waals surface area (Å²) >= 11 is 0. The molecule has 0 atom stereocenters. The van der Waals surface area contributed by atoms with E-state index < -0.39 is 17.6 Å². The van der Waals surface area contributed by atoms with E-state index >= 15 is 0 Å². The maximum Gasteiger partial charge on any atom is 0.360 e. The topological polar surface area (TPSA) is 48.4 Å². The Kier molecular flexibility index (Phi) is 6.12. The summed E-state index contributed by atoms with van der Waals surface area (Å²) < 4.78 is 38.3. The second kappa shape index (κ2) is 9.14. The molecule has 6 heteroatoms. The number of pyridine rings is 1. The van der Waals surface area contributed by atoms with Gasteiger partial charge in [-0.25, -0.2) is 18.6 Å². The van der Waals surface area contributed by atoms with Gasteiger partial charge in [0.25, 0.3) is 0 Å². The number of benzene rings is 3. The molecule has 0 N–H and O–H groups in total. The number of carbonyl (C=O) groups excluding carboxylic acids is 1. The zero-order chi connectivity index (χ0) is 22.7. The van der Waals surface area contributed by atoms with Gasteiger partial charge in [-0.1, -0.05) is 48.5 Å². The first kappa shape index (κ1) is 21.4. The van der Waals surface area contributed by atoms with Crippen molar-refractivity contribution >= 4 is 16.7 Å². The number of carbonyl (C=O) groups is 1. The van der Waals surface area contributed by atoms with Crippen LogP contribution in [0.3, 0.4) is 0 Å². The summed E-state index contributed by atoms with van der Waals surface area (Å²) in [6.45, 7) is 2.05. The molecule has 0 saturated carbocycles. The zero-order valence-corrected chi connectivity index (χ0v) is 17.7. The van der Waals surface area contributed by atoms with Gasteiger partial charge >= 0.3 is 5.97 Å². The van der Waals surface area contributed by atoms with E-state index in [1.807, 2.05) is 48.5 Å². The largest absolute Gasteiger partial charge is 0.486 e. The highest BCUT2D eigenvalue weighted by Crippen LogP contribution is 2.33. The van der Waals surface area contributed by atoms with Crippen LogP contribution in [0.4, 0.5) is 8.78 Å². The fourth-order valence-corrected chi connectivity index (χ4v) is 3.60. The predicted octanol–water partition coefficient (Wildman–Crippen LogP) is 5.78. The minimum Gasteiger partial charge on any atom is -0.486 e. The Labute approximate surface area is 184 Å². The fraction of sp³-hybridized carbons (Fsp3) is 0.154. The van der Waals surface area contributed by atoms with Gasteiger partial charge in [-0.05, 0) is 35.7 Å². The van der Waals surface area contributed by atoms with Crippen molar-refractivity contribution < 1.29 is 23.0 Å². The first-order valence-electron chi connectivity index (χ1n) is 10.1. The molecule has 162 valence electrons. The number of halogens is 2. The third-order valence-electron chi connectivity index (χ3n) is 5.23. The van der Waals surface area contributed by atoms with Crippen LogP contribution in [0.25, 0.3) is 10.8 Å². The van der Waals surface area contributed by atoms with Gasteiger partial charge in [-0.15, -0.1) is 0 Å². The van der Waals surface area contributed by atoms with Crippen LogP contribution in [0.2, 0.25) is 0 Å². The second-order valence-electron chi connectivity index (χ2n) is 7.43. The van der Waals surface area contributed by atoms with Crippen molar-refractivity contribution in [3.05, 3.63) is 106 Å². The van der Waals surface area contributed by atoms with Crippen molar-refractivity contribution in [2.45, 2.75) is 20.0 Å². The summed E-state index contributed by atoms with van der Waals surface area (Å²) in [6, 6.07) is 18.7. The molecule has 0 spiro atoms. The molecule has 4 aromatic rings. The van der Waals surface area contributed by atoms with Gasteiger partial charge in [0, 0.05) is 29.0 Å². The SMILES string of the molecule is COC(=O)c1nc(C)c2cc(Cc3ccc(F)cc3F)ccc2c1OCc1ccccc1. The first-order chi connectivity index (χ1) is 15.5. The number of fused-ring (bicyclic) bond motifs is 1. The van der Waals surface area contributed by atoms with Crippen molar-refractivity contribution in [1.82, 2.24) is 4.98 Å². The highest BCUT2D eigenvalue weighted by molar-refractivity contribution is 6.00. The van der Waals surface area contributed by atoms with Crippen LogP contribution < -0.4 is 4.74 Å². The van der Waals surface area contributed by atoms with E-state index in [9.17, 15) is 13.6 Å². The van der Waals surface area contributed by atoms with Crippen molar-refractivity contribution in [3.8, 4) is 5.75 Å². The maximum absolute atomic E-state index is 14.1. The molecule has 0 fully saturated rings. The smallest absolute Gasteiger partial charge is 0.360 e. The number of methoxy groups -OCH3 is 1. The van der Waals surface area contributed by atoms with Gasteiger partial charge in [-0.2, -0.15) is 0 Å². The van der Waals surface area contributed by atoms with Crippen molar-refractivity contribution in [2.75, 3.05) is 7.11 Å². The third-order valence-corrected chi connectivity index (χ3v) is 5.23. The lowest BCUT2D eigenvalue weighted by Gasteiger charge is -2.15. The van der Waals surface area contributed by atoms with E-state index in [-0.39, 0.29) is 12.3 Å². The van der Waals surface area contributed by atoms with Crippen LogP contribution in [-0.4, -0.2) is 18.1 Å². The highest BCUT2D eigenvalue weighted by Gasteiger charge is 2.21. The predicted molar refractivity (Wildman–Crippen MR) is 118 cm³/mol. The molecule has 4 nitrogen and oxygen atoms in total. The van der Waals surface area contributed by atoms with E-state index in [4.69, 9.17) is 9.47 Å². The lowest BCUT2D eigenvalue weighted by Crippen LogP contribution is -2.10. The van der Waals surface area contributed by atoms with Gasteiger partial charge in [0.15, 0.2) is 11.4 Å². The zero-order valence-electron chi connectivity index (χ0n) is 17.7. The van der Waals surface area contributed by atoms with Crippen LogP contribution in [0.5, 0.6) is 5.75 Å². The number of nitrogens with zero attached hydrogens (tertiary/aromatic N) is 1. The van der Waals surface area contributed by atoms with Crippen LogP contribution in [0.1, 0.15) is 32.9 Å². The lowest BCUT2D eigenvalue weighted by molar-refractivity contribution is 0.0588. The van der Waals surface area contributed by atoms with Crippen LogP contribution in [0, 0.1) is 18.6 Å². The number of esters is 1. The average molecular weight is 433 g/mol. The minimum absolute atomic E-state index is 0.103. The van der Waals surface area contributed by atoms with E-state index in [0.29, 0.717) is 28.8 Å². The number of hydrogen-bond donors (Lipinski definition) is 0. The molecule has 0 unspecified atom stereocenters. The summed E-state index contributed by atoms with van der Waals surface area (Å²) in [5, 5.41) is 1.48. The number of ether oxygens (including phenoxy) is 2. The standard InChI is InChI=1S/C26H21F2NO3/c1-16-22-13-18(12-19-9-10-20(27)14-23(19)28)8-11-21(22)25(24(29-16)26(30)31-2)32-15-17-6-4-3-5-7-17/h3-11,13-14H,12,15H2,1-2H3. The van der Waals surface area contributed by atoms with E-state index in [1.165, 1.54) is 19.2 Å². The molecule has 4 rings (SSSR count). The summed E-state index contributed by atoms with van der Waals surface area (Å²) in [5.74, 6) is -1.45. The molecule has 0 aliphatic rings. The third kappa shape index (κ3) is 4.44. The van der Waals surface area contributed by atoms with Gasteiger partial charge in [0.05, 0.1) is 7.11 Å². The van der Waals surface area contributed by atoms with E-state index in [0.717, 1.165) is 22.6 Å². The molecule has 0 amide bonds. The van der Waals surface area contributed by atoms with Crippen molar-refractivity contribution in [1.29, 1.82) is 0 Å². The van der Waals surface area contributed by atoms with Gasteiger partial charge in [-0.3, -0.25) is 0 Å². The first-order valence-corrected chi connectivity index (χ1v) is 10.1. The summed E-state index contributed by atoms with van der Waals surface area (Å²) in [5.41, 5.74) is 2.89. The molecule has 1 heterocycles. The molecule has 0 aliphatic heterocycles. The number of aromatic nitrogens is 1. The maximum atomic E-state index is 14.1. The van der Waals surface area contributed by atoms with E-state index in [2.05, 4.69) is 4.98 Å². The van der Waals surface area contributed by atoms with Crippen LogP contribution in [-0.2, 0) is 17.8 Å². The summed E-state index contributed by atoms with van der Waals surface area (Å²) in [7, 11) is 1.30. The Hall–Kier alpha value is -3.80. The Morgan fingerprint density at radius 2 is 1.72 bits per heavy atom. The lowest BCUT2D eigenvalue weighted by atomic mass is 9.99. The monoisotopic (exact) mass is 433 g/mol. The second-order valence-corrected chi connectivity index (χ2v) is 7.43. The molecule has 32 heavy (non-hydrogen) atoms.